The zero-order valence-electron chi connectivity index (χ0n) is 11.9. The lowest BCUT2D eigenvalue weighted by Gasteiger charge is -2.38. The van der Waals surface area contributed by atoms with Crippen molar-refractivity contribution in [3.8, 4) is 0 Å². The Hall–Kier alpha value is -0.120. The van der Waals surface area contributed by atoms with Gasteiger partial charge in [-0.05, 0) is 38.6 Å². The van der Waals surface area contributed by atoms with Crippen molar-refractivity contribution in [3.05, 3.63) is 0 Å². The minimum Gasteiger partial charge on any atom is -0.393 e. The van der Waals surface area contributed by atoms with Gasteiger partial charge in [0.05, 0.1) is 12.7 Å². The van der Waals surface area contributed by atoms with Crippen LogP contribution in [0.4, 0.5) is 0 Å². The highest BCUT2D eigenvalue weighted by Gasteiger charge is 2.33. The molecule has 4 atom stereocenters. The van der Waals surface area contributed by atoms with Gasteiger partial charge in [0.15, 0.2) is 0 Å². The molecular weight excluding hydrogens is 214 g/mol. The Bertz CT molecular complexity index is 198. The lowest BCUT2D eigenvalue weighted by molar-refractivity contribution is -0.00196. The number of rotatable bonds is 6. The Morgan fingerprint density at radius 2 is 2.00 bits per heavy atom. The largest absolute Gasteiger partial charge is 0.393 e. The third kappa shape index (κ3) is 4.94. The van der Waals surface area contributed by atoms with Gasteiger partial charge in [-0.1, -0.05) is 13.8 Å². The van der Waals surface area contributed by atoms with Crippen molar-refractivity contribution in [2.24, 2.45) is 17.8 Å². The van der Waals surface area contributed by atoms with Crippen molar-refractivity contribution in [1.82, 2.24) is 4.90 Å². The fourth-order valence-corrected chi connectivity index (χ4v) is 2.99. The van der Waals surface area contributed by atoms with E-state index < -0.39 is 0 Å². The molecule has 1 rings (SSSR count). The number of hydrogen-bond acceptors (Lipinski definition) is 3. The second kappa shape index (κ2) is 7.34. The molecule has 17 heavy (non-hydrogen) atoms. The van der Waals surface area contributed by atoms with E-state index in [1.165, 1.54) is 6.42 Å². The highest BCUT2D eigenvalue weighted by atomic mass is 16.5. The van der Waals surface area contributed by atoms with E-state index in [0.717, 1.165) is 32.7 Å². The molecule has 1 fully saturated rings. The van der Waals surface area contributed by atoms with Gasteiger partial charge in [0.1, 0.15) is 0 Å². The van der Waals surface area contributed by atoms with Crippen LogP contribution in [0.3, 0.4) is 0 Å². The number of likely N-dealkylation sites (N-methyl/N-ethyl adjacent to an activating group) is 1. The van der Waals surface area contributed by atoms with E-state index in [1.54, 1.807) is 0 Å². The third-order valence-electron chi connectivity index (χ3n) is 3.99. The van der Waals surface area contributed by atoms with Crippen LogP contribution in [-0.4, -0.2) is 49.5 Å². The summed E-state index contributed by atoms with van der Waals surface area (Å²) < 4.78 is 5.36. The summed E-state index contributed by atoms with van der Waals surface area (Å²) in [4.78, 5) is 2.29. The topological polar surface area (TPSA) is 32.7 Å². The number of hydrogen-bond donors (Lipinski definition) is 1. The molecule has 0 spiro atoms. The average Bonchev–Trinajstić information content (AvgIpc) is 2.24. The van der Waals surface area contributed by atoms with Crippen molar-refractivity contribution in [2.75, 3.05) is 33.4 Å². The third-order valence-corrected chi connectivity index (χ3v) is 3.99. The molecule has 0 aromatic rings. The van der Waals surface area contributed by atoms with Gasteiger partial charge in [-0.2, -0.15) is 0 Å². The van der Waals surface area contributed by atoms with Crippen LogP contribution in [0.1, 0.15) is 33.6 Å². The second-order valence-electron chi connectivity index (χ2n) is 5.74. The Balaban J connectivity index is 2.33. The van der Waals surface area contributed by atoms with Gasteiger partial charge in [-0.25, -0.2) is 0 Å². The zero-order valence-corrected chi connectivity index (χ0v) is 11.9. The van der Waals surface area contributed by atoms with Crippen molar-refractivity contribution in [1.29, 1.82) is 0 Å². The van der Waals surface area contributed by atoms with E-state index >= 15 is 0 Å². The fraction of sp³-hybridized carbons (Fsp3) is 1.00. The highest BCUT2D eigenvalue weighted by molar-refractivity contribution is 4.84. The van der Waals surface area contributed by atoms with Gasteiger partial charge in [0.25, 0.3) is 0 Å². The number of aliphatic hydroxyl groups is 1. The Morgan fingerprint density at radius 3 is 2.59 bits per heavy atom. The summed E-state index contributed by atoms with van der Waals surface area (Å²) in [6, 6.07) is 0. The molecule has 0 aliphatic heterocycles. The maximum absolute atomic E-state index is 10.2. The van der Waals surface area contributed by atoms with Crippen molar-refractivity contribution in [3.63, 3.8) is 0 Å². The van der Waals surface area contributed by atoms with Crippen LogP contribution >= 0.6 is 0 Å². The molecule has 3 heteroatoms. The van der Waals surface area contributed by atoms with E-state index in [1.807, 2.05) is 6.92 Å². The SMILES string of the molecule is CCOCCN(C)CC1C(C)CC(C)CC1O. The predicted octanol–water partition coefficient (Wildman–Crippen LogP) is 2.00. The lowest BCUT2D eigenvalue weighted by Crippen LogP contribution is -2.42. The molecule has 0 amide bonds. The van der Waals surface area contributed by atoms with Crippen LogP contribution in [0, 0.1) is 17.8 Å². The summed E-state index contributed by atoms with van der Waals surface area (Å²) in [7, 11) is 2.12. The minimum atomic E-state index is -0.122. The standard InChI is InChI=1S/C14H29NO2/c1-5-17-7-6-15(4)10-13-12(3)8-11(2)9-14(13)16/h11-14,16H,5-10H2,1-4H3. The molecule has 0 aromatic heterocycles. The van der Waals surface area contributed by atoms with Gasteiger partial charge in [0.2, 0.25) is 0 Å². The van der Waals surface area contributed by atoms with Crippen LogP contribution in [0.5, 0.6) is 0 Å². The van der Waals surface area contributed by atoms with Gasteiger partial charge >= 0.3 is 0 Å². The first kappa shape index (κ1) is 14.9. The van der Waals surface area contributed by atoms with Crippen LogP contribution in [-0.2, 0) is 4.74 Å². The molecule has 0 aromatic carbocycles. The first-order valence-electron chi connectivity index (χ1n) is 6.98. The molecule has 1 N–H and O–H groups in total. The Labute approximate surface area is 106 Å². The van der Waals surface area contributed by atoms with Crippen molar-refractivity contribution < 1.29 is 9.84 Å². The summed E-state index contributed by atoms with van der Waals surface area (Å²) >= 11 is 0. The first-order valence-corrected chi connectivity index (χ1v) is 6.98. The summed E-state index contributed by atoms with van der Waals surface area (Å²) in [5.74, 6) is 1.73. The van der Waals surface area contributed by atoms with E-state index in [0.29, 0.717) is 17.8 Å². The quantitative estimate of drug-likeness (QED) is 0.724. The smallest absolute Gasteiger partial charge is 0.0593 e. The van der Waals surface area contributed by atoms with Crippen molar-refractivity contribution >= 4 is 0 Å². The van der Waals surface area contributed by atoms with Gasteiger partial charge in [0, 0.05) is 25.6 Å². The summed E-state index contributed by atoms with van der Waals surface area (Å²) in [6.07, 6.45) is 2.10. The molecule has 0 heterocycles. The average molecular weight is 243 g/mol. The highest BCUT2D eigenvalue weighted by Crippen LogP contribution is 2.34. The van der Waals surface area contributed by atoms with Gasteiger partial charge < -0.3 is 14.7 Å². The molecule has 0 saturated heterocycles. The van der Waals surface area contributed by atoms with Crippen LogP contribution < -0.4 is 0 Å². The summed E-state index contributed by atoms with van der Waals surface area (Å²) in [6.45, 7) is 10.1. The number of ether oxygens (including phenoxy) is 1. The second-order valence-corrected chi connectivity index (χ2v) is 5.74. The summed E-state index contributed by atoms with van der Waals surface area (Å²) in [5, 5.41) is 10.2. The van der Waals surface area contributed by atoms with Crippen LogP contribution in [0.25, 0.3) is 0 Å². The minimum absolute atomic E-state index is 0.122. The van der Waals surface area contributed by atoms with Gasteiger partial charge in [-0.3, -0.25) is 0 Å². The monoisotopic (exact) mass is 243 g/mol. The van der Waals surface area contributed by atoms with E-state index in [-0.39, 0.29) is 6.10 Å². The molecule has 3 nitrogen and oxygen atoms in total. The molecule has 1 saturated carbocycles. The first-order chi connectivity index (χ1) is 8.04. The van der Waals surface area contributed by atoms with Crippen LogP contribution in [0.2, 0.25) is 0 Å². The molecular formula is C14H29NO2. The number of aliphatic hydroxyl groups excluding tert-OH is 1. The lowest BCUT2D eigenvalue weighted by atomic mass is 9.73. The van der Waals surface area contributed by atoms with E-state index in [4.69, 9.17) is 4.74 Å². The van der Waals surface area contributed by atoms with Crippen LogP contribution in [0.15, 0.2) is 0 Å². The number of nitrogens with zero attached hydrogens (tertiary/aromatic N) is 1. The summed E-state index contributed by atoms with van der Waals surface area (Å²) in [5.41, 5.74) is 0. The van der Waals surface area contributed by atoms with Crippen molar-refractivity contribution in [2.45, 2.75) is 39.7 Å². The molecule has 1 aliphatic carbocycles. The molecule has 4 unspecified atom stereocenters. The molecule has 102 valence electrons. The van der Waals surface area contributed by atoms with E-state index in [9.17, 15) is 5.11 Å². The normalized spacial score (nSPS) is 34.2. The molecule has 0 bridgehead atoms. The van der Waals surface area contributed by atoms with E-state index in [2.05, 4.69) is 25.8 Å². The predicted molar refractivity (Wildman–Crippen MR) is 71.0 cm³/mol. The fourth-order valence-electron chi connectivity index (χ4n) is 2.99. The Kier molecular flexibility index (Phi) is 6.45. The molecule has 0 radical (unpaired) electrons. The van der Waals surface area contributed by atoms with Gasteiger partial charge in [-0.15, -0.1) is 0 Å². The molecule has 1 aliphatic rings. The maximum Gasteiger partial charge on any atom is 0.0593 e. The Morgan fingerprint density at radius 1 is 1.29 bits per heavy atom. The maximum atomic E-state index is 10.2. The zero-order chi connectivity index (χ0) is 12.8.